The van der Waals surface area contributed by atoms with Crippen LogP contribution >= 0.6 is 11.6 Å². The van der Waals surface area contributed by atoms with E-state index in [2.05, 4.69) is 4.74 Å². The molecule has 0 unspecified atom stereocenters. The number of rotatable bonds is 4. The molecule has 0 heterocycles. The molecule has 0 saturated heterocycles. The molecule has 0 aliphatic heterocycles. The highest BCUT2D eigenvalue weighted by Crippen LogP contribution is 2.30. The Bertz CT molecular complexity index is 459. The summed E-state index contributed by atoms with van der Waals surface area (Å²) in [6, 6.07) is 1.87. The topological polar surface area (TPSA) is 52.6 Å². The first-order valence-corrected chi connectivity index (χ1v) is 5.13. The van der Waals surface area contributed by atoms with Crippen LogP contribution in [0, 0.1) is 5.82 Å². The maximum atomic E-state index is 13.1. The van der Waals surface area contributed by atoms with Crippen LogP contribution in [0.1, 0.15) is 17.3 Å². The first-order chi connectivity index (χ1) is 8.01. The lowest BCUT2D eigenvalue weighted by molar-refractivity contribution is -0.137. The average Bonchev–Trinajstić information content (AvgIpc) is 2.27. The van der Waals surface area contributed by atoms with Crippen molar-refractivity contribution in [1.29, 1.82) is 0 Å². The Hall–Kier alpha value is -1.62. The molecule has 0 amide bonds. The molecular weight excluding hydrogens is 251 g/mol. The van der Waals surface area contributed by atoms with Crippen molar-refractivity contribution < 1.29 is 23.5 Å². The van der Waals surface area contributed by atoms with Crippen molar-refractivity contribution in [1.82, 2.24) is 0 Å². The molecule has 1 rings (SSSR count). The van der Waals surface area contributed by atoms with Crippen molar-refractivity contribution >= 4 is 23.4 Å². The minimum Gasteiger partial charge on any atom is -0.494 e. The van der Waals surface area contributed by atoms with Gasteiger partial charge in [0.25, 0.3) is 5.78 Å². The van der Waals surface area contributed by atoms with Crippen LogP contribution in [-0.4, -0.2) is 25.5 Å². The third-order valence-corrected chi connectivity index (χ3v) is 2.20. The third kappa shape index (κ3) is 2.94. The lowest BCUT2D eigenvalue weighted by Crippen LogP contribution is -2.18. The Balaban J connectivity index is 3.20. The second kappa shape index (κ2) is 5.63. The van der Waals surface area contributed by atoms with E-state index in [9.17, 15) is 14.0 Å². The first kappa shape index (κ1) is 13.4. The summed E-state index contributed by atoms with van der Waals surface area (Å²) in [4.78, 5) is 22.9. The van der Waals surface area contributed by atoms with Crippen LogP contribution in [0.15, 0.2) is 12.1 Å². The number of benzene rings is 1. The summed E-state index contributed by atoms with van der Waals surface area (Å²) in [6.07, 6.45) is 0. The molecule has 0 aromatic heterocycles. The van der Waals surface area contributed by atoms with Crippen molar-refractivity contribution in [2.45, 2.75) is 6.92 Å². The molecule has 0 N–H and O–H groups in total. The van der Waals surface area contributed by atoms with Crippen molar-refractivity contribution in [3.8, 4) is 5.75 Å². The van der Waals surface area contributed by atoms with Crippen LogP contribution in [0.3, 0.4) is 0 Å². The molecule has 0 atom stereocenters. The van der Waals surface area contributed by atoms with Crippen LogP contribution in [0.2, 0.25) is 5.02 Å². The number of esters is 1. The number of carbonyl (C=O) groups excluding carboxylic acids is 2. The number of Topliss-reactive ketones (excluding diaryl/α,β-unsaturated/α-hetero) is 1. The lowest BCUT2D eigenvalue weighted by atomic mass is 10.1. The summed E-state index contributed by atoms with van der Waals surface area (Å²) >= 11 is 5.69. The van der Waals surface area contributed by atoms with Crippen molar-refractivity contribution in [2.24, 2.45) is 0 Å². The minimum atomic E-state index is -1.08. The Morgan fingerprint density at radius 3 is 2.59 bits per heavy atom. The molecule has 0 fully saturated rings. The highest BCUT2D eigenvalue weighted by Gasteiger charge is 2.24. The summed E-state index contributed by atoms with van der Waals surface area (Å²) in [5.74, 6) is -2.85. The zero-order valence-electron chi connectivity index (χ0n) is 9.25. The van der Waals surface area contributed by atoms with Gasteiger partial charge in [0.15, 0.2) is 0 Å². The number of hydrogen-bond acceptors (Lipinski definition) is 4. The molecule has 1 aromatic rings. The highest BCUT2D eigenvalue weighted by atomic mass is 35.5. The normalized spacial score (nSPS) is 9.88. The maximum absolute atomic E-state index is 13.1. The second-order valence-electron chi connectivity index (χ2n) is 3.02. The highest BCUT2D eigenvalue weighted by molar-refractivity contribution is 6.42. The van der Waals surface area contributed by atoms with Gasteiger partial charge in [-0.25, -0.2) is 9.18 Å². The first-order valence-electron chi connectivity index (χ1n) is 4.75. The van der Waals surface area contributed by atoms with Crippen LogP contribution in [0.4, 0.5) is 4.39 Å². The van der Waals surface area contributed by atoms with Gasteiger partial charge >= 0.3 is 5.97 Å². The van der Waals surface area contributed by atoms with Gasteiger partial charge in [-0.1, -0.05) is 11.6 Å². The van der Waals surface area contributed by atoms with E-state index in [4.69, 9.17) is 16.3 Å². The maximum Gasteiger partial charge on any atom is 0.379 e. The summed E-state index contributed by atoms with van der Waals surface area (Å²) in [6.45, 7) is 1.61. The minimum absolute atomic E-state index is 0.0499. The summed E-state index contributed by atoms with van der Waals surface area (Å²) < 4.78 is 22.5. The van der Waals surface area contributed by atoms with Crippen LogP contribution in [-0.2, 0) is 9.53 Å². The summed E-state index contributed by atoms with van der Waals surface area (Å²) in [7, 11) is 1.26. The van der Waals surface area contributed by atoms with Crippen LogP contribution in [0.25, 0.3) is 0 Å². The fourth-order valence-corrected chi connectivity index (χ4v) is 1.53. The zero-order chi connectivity index (χ0) is 13.0. The largest absolute Gasteiger partial charge is 0.494 e. The molecule has 6 heteroatoms. The number of ether oxygens (including phenoxy) is 2. The molecule has 1 aromatic carbocycles. The summed E-state index contributed by atoms with van der Waals surface area (Å²) in [5.41, 5.74) is -0.254. The number of ketones is 1. The predicted octanol–water partition coefficient (Wildman–Crippen LogP) is 2.23. The Kier molecular flexibility index (Phi) is 4.45. The van der Waals surface area contributed by atoms with Crippen molar-refractivity contribution in [2.75, 3.05) is 13.7 Å². The zero-order valence-corrected chi connectivity index (χ0v) is 10.0. The SMILES string of the molecule is CCOC(=O)C(=O)c1cc(F)cc(Cl)c1OC. The quantitative estimate of drug-likeness (QED) is 0.473. The van der Waals surface area contributed by atoms with E-state index in [1.54, 1.807) is 6.92 Å². The molecule has 17 heavy (non-hydrogen) atoms. The fraction of sp³-hybridized carbons (Fsp3) is 0.273. The third-order valence-electron chi connectivity index (χ3n) is 1.92. The van der Waals surface area contributed by atoms with Crippen LogP contribution < -0.4 is 4.74 Å². The average molecular weight is 261 g/mol. The van der Waals surface area contributed by atoms with E-state index >= 15 is 0 Å². The molecule has 0 bridgehead atoms. The standard InChI is InChI=1S/C11H10ClFO4/c1-3-17-11(15)9(14)7-4-6(13)5-8(12)10(7)16-2/h4-5H,3H2,1-2H3. The molecule has 0 radical (unpaired) electrons. The molecule has 4 nitrogen and oxygen atoms in total. The fourth-order valence-electron chi connectivity index (χ4n) is 1.24. The van der Waals surface area contributed by atoms with E-state index in [0.29, 0.717) is 0 Å². The molecular formula is C11H10ClFO4. The Labute approximate surface area is 102 Å². The van der Waals surface area contributed by atoms with Gasteiger partial charge in [0.1, 0.15) is 11.6 Å². The van der Waals surface area contributed by atoms with E-state index in [-0.39, 0.29) is 22.9 Å². The predicted molar refractivity (Wildman–Crippen MR) is 58.9 cm³/mol. The lowest BCUT2D eigenvalue weighted by Gasteiger charge is -2.09. The van der Waals surface area contributed by atoms with Gasteiger partial charge in [-0.2, -0.15) is 0 Å². The second-order valence-corrected chi connectivity index (χ2v) is 3.43. The van der Waals surface area contributed by atoms with Crippen molar-refractivity contribution in [3.63, 3.8) is 0 Å². The molecule has 0 saturated carbocycles. The number of methoxy groups -OCH3 is 1. The number of hydrogen-bond donors (Lipinski definition) is 0. The van der Waals surface area contributed by atoms with E-state index < -0.39 is 17.6 Å². The van der Waals surface area contributed by atoms with Gasteiger partial charge in [0.05, 0.1) is 24.3 Å². The summed E-state index contributed by atoms with van der Waals surface area (Å²) in [5, 5.41) is -0.0832. The smallest absolute Gasteiger partial charge is 0.379 e. The van der Waals surface area contributed by atoms with Gasteiger partial charge in [-0.15, -0.1) is 0 Å². The monoisotopic (exact) mass is 260 g/mol. The van der Waals surface area contributed by atoms with Gasteiger partial charge in [0.2, 0.25) is 0 Å². The molecule has 92 valence electrons. The molecule has 0 spiro atoms. The van der Waals surface area contributed by atoms with Gasteiger partial charge < -0.3 is 9.47 Å². The van der Waals surface area contributed by atoms with Gasteiger partial charge in [-0.3, -0.25) is 4.79 Å². The molecule has 0 aliphatic carbocycles. The van der Waals surface area contributed by atoms with Gasteiger partial charge in [0, 0.05) is 0 Å². The van der Waals surface area contributed by atoms with E-state index in [1.807, 2.05) is 0 Å². The van der Waals surface area contributed by atoms with Crippen molar-refractivity contribution in [3.05, 3.63) is 28.5 Å². The number of carbonyl (C=O) groups is 2. The number of halogens is 2. The Morgan fingerprint density at radius 2 is 2.06 bits per heavy atom. The Morgan fingerprint density at radius 1 is 1.41 bits per heavy atom. The molecule has 0 aliphatic rings. The van der Waals surface area contributed by atoms with Gasteiger partial charge in [-0.05, 0) is 19.1 Å². The van der Waals surface area contributed by atoms with E-state index in [1.165, 1.54) is 7.11 Å². The van der Waals surface area contributed by atoms with E-state index in [0.717, 1.165) is 12.1 Å². The van der Waals surface area contributed by atoms with Crippen LogP contribution in [0.5, 0.6) is 5.75 Å².